The lowest BCUT2D eigenvalue weighted by atomic mass is 10.0. The third kappa shape index (κ3) is 3.52. The Morgan fingerprint density at radius 3 is 2.81 bits per heavy atom. The SMILES string of the molecule is Cn1ccnc1CCOc1ccc(C2=CCNCC2)cc1. The second kappa shape index (κ2) is 6.59. The number of ether oxygens (including phenoxy) is 1. The quantitative estimate of drug-likeness (QED) is 0.916. The summed E-state index contributed by atoms with van der Waals surface area (Å²) >= 11 is 0. The van der Waals surface area contributed by atoms with Gasteiger partial charge in [0.1, 0.15) is 11.6 Å². The number of aromatic nitrogens is 2. The number of hydrogen-bond donors (Lipinski definition) is 1. The predicted octanol–water partition coefficient (Wildman–Crippen LogP) is 2.42. The van der Waals surface area contributed by atoms with Gasteiger partial charge in [-0.25, -0.2) is 4.98 Å². The van der Waals surface area contributed by atoms with Crippen LogP contribution in [-0.4, -0.2) is 29.2 Å². The topological polar surface area (TPSA) is 39.1 Å². The van der Waals surface area contributed by atoms with Crippen molar-refractivity contribution in [1.29, 1.82) is 0 Å². The first kappa shape index (κ1) is 13.9. The average Bonchev–Trinajstić information content (AvgIpc) is 2.94. The Hall–Kier alpha value is -2.07. The molecule has 3 rings (SSSR count). The zero-order valence-corrected chi connectivity index (χ0v) is 12.4. The summed E-state index contributed by atoms with van der Waals surface area (Å²) in [5.74, 6) is 1.97. The van der Waals surface area contributed by atoms with E-state index in [1.54, 1.807) is 0 Å². The minimum absolute atomic E-state index is 0.650. The number of rotatable bonds is 5. The molecule has 1 aromatic carbocycles. The van der Waals surface area contributed by atoms with Crippen molar-refractivity contribution in [3.63, 3.8) is 0 Å². The molecule has 1 aromatic heterocycles. The Kier molecular flexibility index (Phi) is 4.36. The molecule has 0 saturated carbocycles. The summed E-state index contributed by atoms with van der Waals surface area (Å²) in [6, 6.07) is 8.40. The van der Waals surface area contributed by atoms with Gasteiger partial charge in [0.15, 0.2) is 0 Å². The molecule has 0 radical (unpaired) electrons. The van der Waals surface area contributed by atoms with Gasteiger partial charge in [-0.15, -0.1) is 0 Å². The Balaban J connectivity index is 1.55. The predicted molar refractivity (Wildman–Crippen MR) is 84.3 cm³/mol. The number of aryl methyl sites for hydroxylation is 1. The molecule has 0 spiro atoms. The molecular weight excluding hydrogens is 262 g/mol. The smallest absolute Gasteiger partial charge is 0.119 e. The monoisotopic (exact) mass is 283 g/mol. The molecule has 0 aliphatic carbocycles. The maximum atomic E-state index is 5.79. The first-order valence-corrected chi connectivity index (χ1v) is 7.42. The molecule has 21 heavy (non-hydrogen) atoms. The molecule has 110 valence electrons. The number of imidazole rings is 1. The summed E-state index contributed by atoms with van der Waals surface area (Å²) in [7, 11) is 2.00. The third-order valence-electron chi connectivity index (χ3n) is 3.80. The first-order chi connectivity index (χ1) is 10.3. The zero-order chi connectivity index (χ0) is 14.5. The molecule has 0 amide bonds. The molecule has 0 saturated heterocycles. The molecule has 1 N–H and O–H groups in total. The highest BCUT2D eigenvalue weighted by molar-refractivity contribution is 5.67. The van der Waals surface area contributed by atoms with Crippen LogP contribution in [0, 0.1) is 0 Å². The van der Waals surface area contributed by atoms with Crippen LogP contribution in [0.4, 0.5) is 0 Å². The Morgan fingerprint density at radius 2 is 2.14 bits per heavy atom. The molecule has 0 bridgehead atoms. The summed E-state index contributed by atoms with van der Waals surface area (Å²) in [5.41, 5.74) is 2.72. The highest BCUT2D eigenvalue weighted by atomic mass is 16.5. The Morgan fingerprint density at radius 1 is 1.29 bits per heavy atom. The standard InChI is InChI=1S/C17H21N3O/c1-20-12-11-19-17(20)8-13-21-16-4-2-14(3-5-16)15-6-9-18-10-7-15/h2-6,11-12,18H,7-10,13H2,1H3. The molecule has 0 atom stereocenters. The van der Waals surface area contributed by atoms with Crippen molar-refractivity contribution in [2.45, 2.75) is 12.8 Å². The van der Waals surface area contributed by atoms with Crippen LogP contribution < -0.4 is 10.1 Å². The molecular formula is C17H21N3O. The van der Waals surface area contributed by atoms with Crippen LogP contribution in [-0.2, 0) is 13.5 Å². The van der Waals surface area contributed by atoms with Gasteiger partial charge in [-0.05, 0) is 36.2 Å². The van der Waals surface area contributed by atoms with Gasteiger partial charge in [0, 0.05) is 32.4 Å². The van der Waals surface area contributed by atoms with Crippen molar-refractivity contribution in [3.05, 3.63) is 54.1 Å². The maximum absolute atomic E-state index is 5.79. The highest BCUT2D eigenvalue weighted by Crippen LogP contribution is 2.22. The van der Waals surface area contributed by atoms with E-state index in [1.165, 1.54) is 11.1 Å². The second-order valence-corrected chi connectivity index (χ2v) is 5.26. The summed E-state index contributed by atoms with van der Waals surface area (Å²) in [5, 5.41) is 3.33. The van der Waals surface area contributed by atoms with Crippen LogP contribution in [0.15, 0.2) is 42.7 Å². The lowest BCUT2D eigenvalue weighted by Gasteiger charge is -2.14. The number of nitrogens with zero attached hydrogens (tertiary/aromatic N) is 2. The van der Waals surface area contributed by atoms with E-state index in [0.717, 1.165) is 37.5 Å². The maximum Gasteiger partial charge on any atom is 0.119 e. The number of nitrogens with one attached hydrogen (secondary N) is 1. The van der Waals surface area contributed by atoms with E-state index in [0.29, 0.717) is 6.61 Å². The fourth-order valence-electron chi connectivity index (χ4n) is 2.55. The van der Waals surface area contributed by atoms with Crippen LogP contribution in [0.5, 0.6) is 5.75 Å². The van der Waals surface area contributed by atoms with E-state index in [9.17, 15) is 0 Å². The van der Waals surface area contributed by atoms with Gasteiger partial charge < -0.3 is 14.6 Å². The highest BCUT2D eigenvalue weighted by Gasteiger charge is 2.06. The van der Waals surface area contributed by atoms with Gasteiger partial charge in [0.2, 0.25) is 0 Å². The second-order valence-electron chi connectivity index (χ2n) is 5.26. The molecule has 2 aromatic rings. The molecule has 0 fully saturated rings. The molecule has 1 aliphatic rings. The molecule has 1 aliphatic heterocycles. The summed E-state index contributed by atoms with van der Waals surface area (Å²) in [6.45, 7) is 2.68. The fourth-order valence-corrected chi connectivity index (χ4v) is 2.55. The van der Waals surface area contributed by atoms with Gasteiger partial charge >= 0.3 is 0 Å². The summed E-state index contributed by atoms with van der Waals surface area (Å²) in [4.78, 5) is 4.29. The molecule has 4 heteroatoms. The molecule has 0 unspecified atom stereocenters. The minimum Gasteiger partial charge on any atom is -0.493 e. The fraction of sp³-hybridized carbons (Fsp3) is 0.353. The Labute approximate surface area is 125 Å². The van der Waals surface area contributed by atoms with E-state index >= 15 is 0 Å². The zero-order valence-electron chi connectivity index (χ0n) is 12.4. The van der Waals surface area contributed by atoms with Gasteiger partial charge in [0.25, 0.3) is 0 Å². The minimum atomic E-state index is 0.650. The van der Waals surface area contributed by atoms with Crippen molar-refractivity contribution in [2.75, 3.05) is 19.7 Å². The van der Waals surface area contributed by atoms with Crippen molar-refractivity contribution in [3.8, 4) is 5.75 Å². The van der Waals surface area contributed by atoms with Crippen LogP contribution in [0.25, 0.3) is 5.57 Å². The van der Waals surface area contributed by atoms with Crippen LogP contribution in [0.1, 0.15) is 17.8 Å². The molecule has 2 heterocycles. The van der Waals surface area contributed by atoms with E-state index in [2.05, 4.69) is 40.6 Å². The van der Waals surface area contributed by atoms with Gasteiger partial charge in [0.05, 0.1) is 6.61 Å². The van der Waals surface area contributed by atoms with E-state index in [-0.39, 0.29) is 0 Å². The van der Waals surface area contributed by atoms with Crippen LogP contribution in [0.3, 0.4) is 0 Å². The van der Waals surface area contributed by atoms with Crippen LogP contribution >= 0.6 is 0 Å². The Bertz CT molecular complexity index is 613. The third-order valence-corrected chi connectivity index (χ3v) is 3.80. The van der Waals surface area contributed by atoms with Crippen molar-refractivity contribution < 1.29 is 4.74 Å². The normalized spacial score (nSPS) is 14.8. The van der Waals surface area contributed by atoms with Crippen molar-refractivity contribution in [1.82, 2.24) is 14.9 Å². The average molecular weight is 283 g/mol. The summed E-state index contributed by atoms with van der Waals surface area (Å²) in [6.07, 6.45) is 7.95. The van der Waals surface area contributed by atoms with Gasteiger partial charge in [-0.2, -0.15) is 0 Å². The summed E-state index contributed by atoms with van der Waals surface area (Å²) < 4.78 is 7.82. The van der Waals surface area contributed by atoms with Crippen LogP contribution in [0.2, 0.25) is 0 Å². The van der Waals surface area contributed by atoms with Crippen molar-refractivity contribution >= 4 is 5.57 Å². The number of benzene rings is 1. The van der Waals surface area contributed by atoms with Gasteiger partial charge in [-0.1, -0.05) is 18.2 Å². The lowest BCUT2D eigenvalue weighted by Crippen LogP contribution is -2.19. The van der Waals surface area contributed by atoms with Crippen molar-refractivity contribution in [2.24, 2.45) is 7.05 Å². The van der Waals surface area contributed by atoms with E-state index in [1.807, 2.05) is 24.0 Å². The lowest BCUT2D eigenvalue weighted by molar-refractivity contribution is 0.317. The largest absolute Gasteiger partial charge is 0.493 e. The molecule has 4 nitrogen and oxygen atoms in total. The van der Waals surface area contributed by atoms with E-state index < -0.39 is 0 Å². The van der Waals surface area contributed by atoms with E-state index in [4.69, 9.17) is 4.74 Å². The first-order valence-electron chi connectivity index (χ1n) is 7.42. The number of hydrogen-bond acceptors (Lipinski definition) is 3. The van der Waals surface area contributed by atoms with Gasteiger partial charge in [-0.3, -0.25) is 0 Å².